The number of aromatic nitrogens is 1. The van der Waals surface area contributed by atoms with Gasteiger partial charge in [0.25, 0.3) is 0 Å². The fourth-order valence-corrected chi connectivity index (χ4v) is 3.98. The van der Waals surface area contributed by atoms with Gasteiger partial charge in [-0.15, -0.1) is 0 Å². The molecule has 8 heteroatoms. The molecule has 0 aliphatic carbocycles. The van der Waals surface area contributed by atoms with Crippen LogP contribution in [0.1, 0.15) is 28.5 Å². The summed E-state index contributed by atoms with van der Waals surface area (Å²) in [5.41, 5.74) is 1.87. The predicted molar refractivity (Wildman–Crippen MR) is 107 cm³/mol. The number of rotatable bonds is 6. The fraction of sp³-hybridized carbons (Fsp3) is 0.250. The van der Waals surface area contributed by atoms with Gasteiger partial charge in [0, 0.05) is 21.5 Å². The maximum absolute atomic E-state index is 12.8. The van der Waals surface area contributed by atoms with E-state index in [-0.39, 0.29) is 0 Å². The average Bonchev–Trinajstić information content (AvgIpc) is 3.03. The lowest BCUT2D eigenvalue weighted by Crippen LogP contribution is -2.05. The number of aryl methyl sites for hydroxylation is 1. The molecule has 0 spiro atoms. The molecule has 0 radical (unpaired) electrons. The van der Waals surface area contributed by atoms with Gasteiger partial charge in [-0.3, -0.25) is 0 Å². The highest BCUT2D eigenvalue weighted by molar-refractivity contribution is 9.10. The van der Waals surface area contributed by atoms with E-state index >= 15 is 0 Å². The lowest BCUT2D eigenvalue weighted by molar-refractivity contribution is -0.137. The van der Waals surface area contributed by atoms with Crippen LogP contribution in [0.5, 0.6) is 0 Å². The Hall–Kier alpha value is -1.77. The van der Waals surface area contributed by atoms with Gasteiger partial charge >= 0.3 is 6.18 Å². The molecule has 1 heterocycles. The number of nitrogens with zero attached hydrogens (tertiary/aromatic N) is 1. The van der Waals surface area contributed by atoms with Crippen molar-refractivity contribution in [3.8, 4) is 11.3 Å². The van der Waals surface area contributed by atoms with E-state index < -0.39 is 17.8 Å². The van der Waals surface area contributed by atoms with Crippen molar-refractivity contribution >= 4 is 27.7 Å². The Kier molecular flexibility index (Phi) is 6.52. The third-order valence-electron chi connectivity index (χ3n) is 4.15. The van der Waals surface area contributed by atoms with Crippen LogP contribution >= 0.6 is 27.7 Å². The van der Waals surface area contributed by atoms with Gasteiger partial charge in [-0.1, -0.05) is 51.4 Å². The van der Waals surface area contributed by atoms with Crippen molar-refractivity contribution in [2.45, 2.75) is 25.0 Å². The highest BCUT2D eigenvalue weighted by Gasteiger charge is 2.30. The molecule has 3 nitrogen and oxygen atoms in total. The number of aliphatic hydroxyl groups is 1. The van der Waals surface area contributed by atoms with Gasteiger partial charge < -0.3 is 9.63 Å². The third-order valence-corrected chi connectivity index (χ3v) is 5.76. The van der Waals surface area contributed by atoms with Crippen molar-refractivity contribution in [3.63, 3.8) is 0 Å². The van der Waals surface area contributed by atoms with Crippen LogP contribution < -0.4 is 0 Å². The first-order valence-electron chi connectivity index (χ1n) is 8.39. The van der Waals surface area contributed by atoms with E-state index in [1.165, 1.54) is 17.8 Å². The largest absolute Gasteiger partial charge is 0.416 e. The molecule has 1 N–H and O–H groups in total. The Labute approximate surface area is 173 Å². The van der Waals surface area contributed by atoms with E-state index in [1.54, 1.807) is 13.0 Å². The molecule has 0 amide bonds. The first kappa shape index (κ1) is 21.0. The molecule has 0 unspecified atom stereocenters. The van der Waals surface area contributed by atoms with Crippen LogP contribution in [0.3, 0.4) is 0 Å². The molecule has 1 atom stereocenters. The van der Waals surface area contributed by atoms with Crippen LogP contribution in [-0.2, 0) is 11.9 Å². The molecule has 0 bridgehead atoms. The van der Waals surface area contributed by atoms with Crippen LogP contribution in [0.4, 0.5) is 13.2 Å². The molecule has 0 fully saturated rings. The molecule has 28 heavy (non-hydrogen) atoms. The van der Waals surface area contributed by atoms with Crippen molar-refractivity contribution < 1.29 is 22.8 Å². The van der Waals surface area contributed by atoms with E-state index in [0.717, 1.165) is 22.2 Å². The zero-order valence-corrected chi connectivity index (χ0v) is 17.2. The Bertz CT molecular complexity index is 941. The zero-order chi connectivity index (χ0) is 20.3. The molecule has 0 aliphatic heterocycles. The topological polar surface area (TPSA) is 46.3 Å². The van der Waals surface area contributed by atoms with Gasteiger partial charge in [-0.2, -0.15) is 24.9 Å². The van der Waals surface area contributed by atoms with Gasteiger partial charge in [0.15, 0.2) is 5.76 Å². The minimum Gasteiger partial charge on any atom is -0.387 e. The smallest absolute Gasteiger partial charge is 0.387 e. The van der Waals surface area contributed by atoms with Crippen molar-refractivity contribution in [1.29, 1.82) is 0 Å². The normalized spacial score (nSPS) is 12.9. The minimum absolute atomic E-state index is 0.307. The van der Waals surface area contributed by atoms with Crippen LogP contribution in [0.2, 0.25) is 0 Å². The maximum Gasteiger partial charge on any atom is 0.416 e. The highest BCUT2D eigenvalue weighted by atomic mass is 79.9. The van der Waals surface area contributed by atoms with Gasteiger partial charge in [0.05, 0.1) is 22.9 Å². The Morgan fingerprint density at radius 1 is 1.18 bits per heavy atom. The van der Waals surface area contributed by atoms with Gasteiger partial charge in [-0.05, 0) is 30.7 Å². The summed E-state index contributed by atoms with van der Waals surface area (Å²) in [7, 11) is 0. The van der Waals surface area contributed by atoms with Gasteiger partial charge in [-0.25, -0.2) is 0 Å². The molecule has 0 aliphatic rings. The van der Waals surface area contributed by atoms with Gasteiger partial charge in [0.1, 0.15) is 0 Å². The summed E-state index contributed by atoms with van der Waals surface area (Å²) in [4.78, 5) is 0. The molecular weight excluding hydrogens is 455 g/mol. The highest BCUT2D eigenvalue weighted by Crippen LogP contribution is 2.34. The van der Waals surface area contributed by atoms with Crippen LogP contribution in [0, 0.1) is 6.92 Å². The third kappa shape index (κ3) is 4.98. The standard InChI is InChI=1S/C20H17BrF3NO2S/c1-12-18(19(27-25-12)14-5-7-16(21)8-6-14)17(26)11-28-10-13-3-2-4-15(9-13)20(22,23)24/h2-9,17,26H,10-11H2,1H3/t17-/m1/s1. The van der Waals surface area contributed by atoms with Crippen LogP contribution in [0.25, 0.3) is 11.3 Å². The van der Waals surface area contributed by atoms with E-state index in [0.29, 0.717) is 34.1 Å². The molecule has 2 aromatic carbocycles. The second-order valence-electron chi connectivity index (χ2n) is 6.25. The molecule has 3 aromatic rings. The number of halogens is 4. The van der Waals surface area contributed by atoms with Crippen molar-refractivity contribution in [2.24, 2.45) is 0 Å². The number of hydrogen-bond donors (Lipinski definition) is 1. The molecular formula is C20H17BrF3NO2S. The lowest BCUT2D eigenvalue weighted by atomic mass is 10.0. The summed E-state index contributed by atoms with van der Waals surface area (Å²) in [6.45, 7) is 1.75. The summed E-state index contributed by atoms with van der Waals surface area (Å²) in [6.07, 6.45) is -5.21. The first-order valence-corrected chi connectivity index (χ1v) is 10.3. The monoisotopic (exact) mass is 471 g/mol. The van der Waals surface area contributed by atoms with Crippen molar-refractivity contribution in [1.82, 2.24) is 5.16 Å². The number of aliphatic hydroxyl groups excluding tert-OH is 1. The second kappa shape index (κ2) is 8.71. The Balaban J connectivity index is 1.68. The van der Waals surface area contributed by atoms with E-state index in [9.17, 15) is 18.3 Å². The first-order chi connectivity index (χ1) is 13.3. The maximum atomic E-state index is 12.8. The molecule has 0 saturated carbocycles. The zero-order valence-electron chi connectivity index (χ0n) is 14.8. The van der Waals surface area contributed by atoms with Crippen LogP contribution in [0.15, 0.2) is 57.5 Å². The summed E-state index contributed by atoms with van der Waals surface area (Å²) < 4.78 is 44.8. The second-order valence-corrected chi connectivity index (χ2v) is 8.19. The van der Waals surface area contributed by atoms with Crippen LogP contribution in [-0.4, -0.2) is 16.0 Å². The van der Waals surface area contributed by atoms with E-state index in [2.05, 4.69) is 21.1 Å². The summed E-state index contributed by atoms with van der Waals surface area (Å²) in [5, 5.41) is 14.6. The number of alkyl halides is 3. The van der Waals surface area contributed by atoms with E-state index in [1.807, 2.05) is 24.3 Å². The average molecular weight is 472 g/mol. The van der Waals surface area contributed by atoms with E-state index in [4.69, 9.17) is 4.52 Å². The molecule has 148 valence electrons. The lowest BCUT2D eigenvalue weighted by Gasteiger charge is -2.12. The SMILES string of the molecule is Cc1noc(-c2ccc(Br)cc2)c1[C@H](O)CSCc1cccc(C(F)(F)F)c1. The summed E-state index contributed by atoms with van der Waals surface area (Å²) in [6, 6.07) is 12.7. The molecule has 3 rings (SSSR count). The minimum atomic E-state index is -4.36. The molecule has 0 saturated heterocycles. The molecule has 1 aromatic heterocycles. The van der Waals surface area contributed by atoms with Crippen molar-refractivity contribution in [3.05, 3.63) is 75.4 Å². The number of benzene rings is 2. The summed E-state index contributed by atoms with van der Waals surface area (Å²) >= 11 is 4.73. The summed E-state index contributed by atoms with van der Waals surface area (Å²) in [5.74, 6) is 1.16. The van der Waals surface area contributed by atoms with Gasteiger partial charge in [0.2, 0.25) is 0 Å². The van der Waals surface area contributed by atoms with Crippen molar-refractivity contribution in [2.75, 3.05) is 5.75 Å². The fourth-order valence-electron chi connectivity index (χ4n) is 2.79. The predicted octanol–water partition coefficient (Wildman–Crippen LogP) is 6.40. The Morgan fingerprint density at radius 2 is 1.89 bits per heavy atom. The Morgan fingerprint density at radius 3 is 2.57 bits per heavy atom. The quantitative estimate of drug-likeness (QED) is 0.451. The number of hydrogen-bond acceptors (Lipinski definition) is 4. The number of thioether (sulfide) groups is 1.